The third kappa shape index (κ3) is 3.86. The summed E-state index contributed by atoms with van der Waals surface area (Å²) in [6.45, 7) is 11.1. The second kappa shape index (κ2) is 6.52. The number of benzene rings is 1. The smallest absolute Gasteiger partial charge is 0.118 e. The molecule has 0 N–H and O–H groups in total. The van der Waals surface area contributed by atoms with Crippen molar-refractivity contribution in [3.63, 3.8) is 0 Å². The molecule has 126 valence electrons. The normalized spacial score (nSPS) is 22.8. The highest BCUT2D eigenvalue weighted by Crippen LogP contribution is 2.42. The van der Waals surface area contributed by atoms with Gasteiger partial charge in [0, 0.05) is 16.0 Å². The average Bonchev–Trinajstić information content (AvgIpc) is 2.50. The molecule has 1 aromatic carbocycles. The van der Waals surface area contributed by atoms with Gasteiger partial charge in [0.15, 0.2) is 0 Å². The minimum Gasteiger partial charge on any atom is -0.287 e. The van der Waals surface area contributed by atoms with Crippen LogP contribution in [0, 0.1) is 0 Å². The van der Waals surface area contributed by atoms with Crippen LogP contribution >= 0.6 is 0 Å². The lowest BCUT2D eigenvalue weighted by Gasteiger charge is -2.54. The summed E-state index contributed by atoms with van der Waals surface area (Å²) in [7, 11) is 0. The molecule has 0 saturated carbocycles. The Balaban J connectivity index is 2.38. The molecule has 1 atom stereocenters. The van der Waals surface area contributed by atoms with E-state index in [4.69, 9.17) is 10.4 Å². The summed E-state index contributed by atoms with van der Waals surface area (Å²) in [6.07, 6.45) is 3.36. The summed E-state index contributed by atoms with van der Waals surface area (Å²) in [4.78, 5) is 9.50. The predicted molar refractivity (Wildman–Crippen MR) is 92.7 cm³/mol. The molecule has 0 aromatic heterocycles. The summed E-state index contributed by atoms with van der Waals surface area (Å²) >= 11 is 0. The van der Waals surface area contributed by atoms with Gasteiger partial charge in [0.05, 0.1) is 6.54 Å². The molecule has 0 bridgehead atoms. The van der Waals surface area contributed by atoms with Crippen LogP contribution in [0.25, 0.3) is 10.4 Å². The fraction of sp³-hybridized carbons (Fsp3) is 0.667. The molecule has 5 heteroatoms. The van der Waals surface area contributed by atoms with Gasteiger partial charge in [-0.3, -0.25) is 4.84 Å². The minimum atomic E-state index is -0.681. The molecule has 1 fully saturated rings. The largest absolute Gasteiger partial charge is 0.287 e. The van der Waals surface area contributed by atoms with E-state index >= 15 is 0 Å². The van der Waals surface area contributed by atoms with Gasteiger partial charge in [0.2, 0.25) is 0 Å². The van der Waals surface area contributed by atoms with Gasteiger partial charge in [-0.05, 0) is 65.0 Å². The summed E-state index contributed by atoms with van der Waals surface area (Å²) in [5, 5.41) is 5.94. The fourth-order valence-electron chi connectivity index (χ4n) is 3.55. The molecule has 0 radical (unpaired) electrons. The zero-order chi connectivity index (χ0) is 17.1. The van der Waals surface area contributed by atoms with E-state index in [0.29, 0.717) is 0 Å². The second-order valence-electron chi connectivity index (χ2n) is 7.85. The van der Waals surface area contributed by atoms with Gasteiger partial charge in [0.25, 0.3) is 0 Å². The SMILES string of the molecule is CC(CN=[N+]=[N-])(ON1C(C)(C)CCCC1(C)C)c1ccccc1. The van der Waals surface area contributed by atoms with E-state index in [1.54, 1.807) is 0 Å². The molecule has 0 spiro atoms. The molecular weight excluding hydrogens is 288 g/mol. The number of hydroxylamine groups is 2. The molecule has 2 rings (SSSR count). The van der Waals surface area contributed by atoms with Crippen molar-refractivity contribution in [3.05, 3.63) is 46.3 Å². The van der Waals surface area contributed by atoms with Crippen molar-refractivity contribution in [2.24, 2.45) is 5.11 Å². The highest BCUT2D eigenvalue weighted by Gasteiger charge is 2.46. The Kier molecular flexibility index (Phi) is 5.04. The Morgan fingerprint density at radius 2 is 1.74 bits per heavy atom. The van der Waals surface area contributed by atoms with E-state index in [1.165, 1.54) is 6.42 Å². The van der Waals surface area contributed by atoms with Crippen molar-refractivity contribution < 1.29 is 4.84 Å². The molecule has 1 unspecified atom stereocenters. The Morgan fingerprint density at radius 1 is 1.17 bits per heavy atom. The summed E-state index contributed by atoms with van der Waals surface area (Å²) < 4.78 is 0. The maximum atomic E-state index is 8.78. The van der Waals surface area contributed by atoms with Crippen LogP contribution in [0.15, 0.2) is 35.4 Å². The second-order valence-corrected chi connectivity index (χ2v) is 7.85. The molecule has 23 heavy (non-hydrogen) atoms. The molecule has 5 nitrogen and oxygen atoms in total. The van der Waals surface area contributed by atoms with Crippen LogP contribution in [-0.4, -0.2) is 22.7 Å². The van der Waals surface area contributed by atoms with Crippen LogP contribution in [0.5, 0.6) is 0 Å². The number of hydrogen-bond donors (Lipinski definition) is 0. The van der Waals surface area contributed by atoms with Crippen LogP contribution in [-0.2, 0) is 10.4 Å². The number of hydrogen-bond acceptors (Lipinski definition) is 3. The fourth-order valence-corrected chi connectivity index (χ4v) is 3.55. The molecule has 1 saturated heterocycles. The number of azide groups is 1. The van der Waals surface area contributed by atoms with E-state index < -0.39 is 5.60 Å². The standard InChI is InChI=1S/C18H28N4O/c1-16(2)12-9-13-17(3,4)22(16)23-18(5,14-20-21-19)15-10-7-6-8-11-15/h6-8,10-11H,9,12-14H2,1-5H3. The molecule has 1 aliphatic heterocycles. The average molecular weight is 316 g/mol. The highest BCUT2D eigenvalue weighted by molar-refractivity contribution is 5.22. The number of rotatable bonds is 5. The summed E-state index contributed by atoms with van der Waals surface area (Å²) in [6, 6.07) is 10.00. The molecule has 1 heterocycles. The molecule has 1 aromatic rings. The minimum absolute atomic E-state index is 0.0614. The monoisotopic (exact) mass is 316 g/mol. The van der Waals surface area contributed by atoms with Crippen molar-refractivity contribution in [3.8, 4) is 0 Å². The Hall–Kier alpha value is -1.55. The van der Waals surface area contributed by atoms with Gasteiger partial charge < -0.3 is 0 Å². The van der Waals surface area contributed by atoms with E-state index in [2.05, 4.69) is 42.8 Å². The van der Waals surface area contributed by atoms with Crippen molar-refractivity contribution in [2.45, 2.75) is 70.6 Å². The lowest BCUT2D eigenvalue weighted by molar-refractivity contribution is -0.334. The lowest BCUT2D eigenvalue weighted by Crippen LogP contribution is -2.60. The topological polar surface area (TPSA) is 61.2 Å². The molecule has 1 aliphatic rings. The molecular formula is C18H28N4O. The predicted octanol–water partition coefficient (Wildman–Crippen LogP) is 5.19. The van der Waals surface area contributed by atoms with Crippen molar-refractivity contribution in [2.75, 3.05) is 6.54 Å². The third-order valence-corrected chi connectivity index (χ3v) is 4.79. The van der Waals surface area contributed by atoms with Crippen molar-refractivity contribution >= 4 is 0 Å². The van der Waals surface area contributed by atoms with Gasteiger partial charge in [-0.2, -0.15) is 5.06 Å². The Morgan fingerprint density at radius 3 is 2.26 bits per heavy atom. The maximum absolute atomic E-state index is 8.78. The molecule has 0 amide bonds. The highest BCUT2D eigenvalue weighted by atomic mass is 16.7. The van der Waals surface area contributed by atoms with Gasteiger partial charge in [-0.25, -0.2) is 0 Å². The Labute approximate surface area is 139 Å². The first-order valence-corrected chi connectivity index (χ1v) is 8.27. The third-order valence-electron chi connectivity index (χ3n) is 4.79. The first-order valence-electron chi connectivity index (χ1n) is 8.27. The van der Waals surface area contributed by atoms with Crippen LogP contribution in [0.3, 0.4) is 0 Å². The van der Waals surface area contributed by atoms with Crippen LogP contribution in [0.4, 0.5) is 0 Å². The quantitative estimate of drug-likeness (QED) is 0.426. The zero-order valence-electron chi connectivity index (χ0n) is 14.9. The van der Waals surface area contributed by atoms with Gasteiger partial charge in [-0.15, -0.1) is 0 Å². The van der Waals surface area contributed by atoms with Gasteiger partial charge in [0.1, 0.15) is 5.60 Å². The van der Waals surface area contributed by atoms with E-state index in [-0.39, 0.29) is 17.6 Å². The summed E-state index contributed by atoms with van der Waals surface area (Å²) in [5.74, 6) is 0. The zero-order valence-corrected chi connectivity index (χ0v) is 14.9. The van der Waals surface area contributed by atoms with Gasteiger partial charge in [-0.1, -0.05) is 35.4 Å². The molecule has 0 aliphatic carbocycles. The van der Waals surface area contributed by atoms with Crippen molar-refractivity contribution in [1.82, 2.24) is 5.06 Å². The number of piperidine rings is 1. The first kappa shape index (κ1) is 17.8. The lowest BCUT2D eigenvalue weighted by atomic mass is 9.82. The van der Waals surface area contributed by atoms with Gasteiger partial charge >= 0.3 is 0 Å². The van der Waals surface area contributed by atoms with E-state index in [9.17, 15) is 0 Å². The van der Waals surface area contributed by atoms with Crippen LogP contribution < -0.4 is 0 Å². The van der Waals surface area contributed by atoms with Crippen LogP contribution in [0.1, 0.15) is 59.4 Å². The summed E-state index contributed by atoms with van der Waals surface area (Å²) in [5.41, 5.74) is 8.99. The maximum Gasteiger partial charge on any atom is 0.118 e. The van der Waals surface area contributed by atoms with E-state index in [1.807, 2.05) is 37.3 Å². The van der Waals surface area contributed by atoms with Crippen LogP contribution in [0.2, 0.25) is 0 Å². The van der Waals surface area contributed by atoms with E-state index in [0.717, 1.165) is 18.4 Å². The Bertz CT molecular complexity index is 562. The number of nitrogens with zero attached hydrogens (tertiary/aromatic N) is 4. The first-order chi connectivity index (χ1) is 10.7. The van der Waals surface area contributed by atoms with Crippen molar-refractivity contribution in [1.29, 1.82) is 0 Å².